The predicted molar refractivity (Wildman–Crippen MR) is 128 cm³/mol. The van der Waals surface area contributed by atoms with Gasteiger partial charge in [0.15, 0.2) is 0 Å². The van der Waals surface area contributed by atoms with Crippen LogP contribution in [-0.4, -0.2) is 30.9 Å². The molecule has 0 radical (unpaired) electrons. The molecule has 1 heterocycles. The molecule has 6 nitrogen and oxygen atoms in total. The third-order valence-electron chi connectivity index (χ3n) is 5.82. The SMILES string of the molecule is COc1cccc(NC2=C(c3ccc(C)c(C)c3)C(=O)N(Cc3ccccc3OC)C2=O)c1. The molecule has 0 saturated heterocycles. The summed E-state index contributed by atoms with van der Waals surface area (Å²) in [6.07, 6.45) is 0. The number of nitrogens with zero attached hydrogens (tertiary/aromatic N) is 1. The molecule has 0 unspecified atom stereocenters. The number of hydrogen-bond donors (Lipinski definition) is 1. The molecule has 1 aliphatic rings. The Hall–Kier alpha value is -4.06. The lowest BCUT2D eigenvalue weighted by Gasteiger charge is -2.17. The number of aryl methyl sites for hydroxylation is 2. The summed E-state index contributed by atoms with van der Waals surface area (Å²) in [6, 6.07) is 20.4. The van der Waals surface area contributed by atoms with Crippen LogP contribution < -0.4 is 14.8 Å². The third kappa shape index (κ3) is 4.32. The van der Waals surface area contributed by atoms with Gasteiger partial charge in [0.05, 0.1) is 26.3 Å². The van der Waals surface area contributed by atoms with E-state index in [-0.39, 0.29) is 24.1 Å². The van der Waals surface area contributed by atoms with Crippen LogP contribution in [0.25, 0.3) is 5.57 Å². The highest BCUT2D eigenvalue weighted by molar-refractivity contribution is 6.36. The van der Waals surface area contributed by atoms with Crippen molar-refractivity contribution in [3.63, 3.8) is 0 Å². The maximum atomic E-state index is 13.6. The molecule has 0 atom stereocenters. The fourth-order valence-corrected chi connectivity index (χ4v) is 3.85. The lowest BCUT2D eigenvalue weighted by atomic mass is 9.99. The van der Waals surface area contributed by atoms with E-state index in [0.29, 0.717) is 28.3 Å². The van der Waals surface area contributed by atoms with E-state index in [9.17, 15) is 9.59 Å². The number of amides is 2. The number of nitrogens with one attached hydrogen (secondary N) is 1. The molecular formula is C27H26N2O4. The lowest BCUT2D eigenvalue weighted by molar-refractivity contribution is -0.137. The van der Waals surface area contributed by atoms with Gasteiger partial charge >= 0.3 is 0 Å². The maximum absolute atomic E-state index is 13.6. The molecule has 0 aromatic heterocycles. The molecule has 1 aliphatic heterocycles. The van der Waals surface area contributed by atoms with Crippen molar-refractivity contribution in [2.45, 2.75) is 20.4 Å². The van der Waals surface area contributed by atoms with Gasteiger partial charge in [0.1, 0.15) is 17.2 Å². The Morgan fingerprint density at radius 3 is 2.33 bits per heavy atom. The van der Waals surface area contributed by atoms with Crippen molar-refractivity contribution < 1.29 is 19.1 Å². The fourth-order valence-electron chi connectivity index (χ4n) is 3.85. The number of rotatable bonds is 7. The van der Waals surface area contributed by atoms with Gasteiger partial charge in [-0.2, -0.15) is 0 Å². The number of para-hydroxylation sites is 1. The Kier molecular flexibility index (Phi) is 6.18. The Morgan fingerprint density at radius 2 is 1.61 bits per heavy atom. The minimum absolute atomic E-state index is 0.110. The van der Waals surface area contributed by atoms with E-state index < -0.39 is 0 Å². The van der Waals surface area contributed by atoms with Crippen LogP contribution in [0.2, 0.25) is 0 Å². The van der Waals surface area contributed by atoms with Crippen molar-refractivity contribution in [2.75, 3.05) is 19.5 Å². The number of ether oxygens (including phenoxy) is 2. The normalized spacial score (nSPS) is 13.5. The molecule has 0 spiro atoms. The molecular weight excluding hydrogens is 416 g/mol. The summed E-state index contributed by atoms with van der Waals surface area (Å²) in [5.41, 5.74) is 4.86. The number of anilines is 1. The quantitative estimate of drug-likeness (QED) is 0.537. The van der Waals surface area contributed by atoms with Crippen molar-refractivity contribution in [3.05, 3.63) is 94.7 Å². The monoisotopic (exact) mass is 442 g/mol. The van der Waals surface area contributed by atoms with Gasteiger partial charge in [-0.25, -0.2) is 0 Å². The number of imide groups is 1. The van der Waals surface area contributed by atoms with E-state index in [4.69, 9.17) is 9.47 Å². The van der Waals surface area contributed by atoms with Crippen LogP contribution in [0, 0.1) is 13.8 Å². The van der Waals surface area contributed by atoms with Crippen LogP contribution in [0.4, 0.5) is 5.69 Å². The predicted octanol–water partition coefficient (Wildman–Crippen LogP) is 4.71. The molecule has 0 bridgehead atoms. The first kappa shape index (κ1) is 22.1. The van der Waals surface area contributed by atoms with Gasteiger partial charge in [0.2, 0.25) is 0 Å². The van der Waals surface area contributed by atoms with Crippen LogP contribution in [0.5, 0.6) is 11.5 Å². The van der Waals surface area contributed by atoms with Gasteiger partial charge in [0, 0.05) is 17.3 Å². The third-order valence-corrected chi connectivity index (χ3v) is 5.82. The summed E-state index contributed by atoms with van der Waals surface area (Å²) < 4.78 is 10.7. The molecule has 3 aromatic carbocycles. The molecule has 33 heavy (non-hydrogen) atoms. The maximum Gasteiger partial charge on any atom is 0.278 e. The molecule has 6 heteroatoms. The number of hydrogen-bond acceptors (Lipinski definition) is 5. The standard InChI is InChI=1S/C27H26N2O4/c1-17-12-13-19(14-18(17)2)24-25(28-21-9-7-10-22(15-21)32-3)27(31)29(26(24)30)16-20-8-5-6-11-23(20)33-4/h5-15,28H,16H2,1-4H3. The first-order chi connectivity index (χ1) is 15.9. The van der Waals surface area contributed by atoms with E-state index in [2.05, 4.69) is 5.32 Å². The fraction of sp³-hybridized carbons (Fsp3) is 0.185. The van der Waals surface area contributed by atoms with E-state index in [1.54, 1.807) is 20.3 Å². The zero-order chi connectivity index (χ0) is 23.5. The van der Waals surface area contributed by atoms with Crippen LogP contribution >= 0.6 is 0 Å². The summed E-state index contributed by atoms with van der Waals surface area (Å²) in [7, 11) is 3.15. The highest BCUT2D eigenvalue weighted by atomic mass is 16.5. The minimum Gasteiger partial charge on any atom is -0.497 e. The number of benzene rings is 3. The summed E-state index contributed by atoms with van der Waals surface area (Å²) in [6.45, 7) is 4.11. The smallest absolute Gasteiger partial charge is 0.278 e. The van der Waals surface area contributed by atoms with Gasteiger partial charge in [0.25, 0.3) is 11.8 Å². The molecule has 0 fully saturated rings. The molecule has 1 N–H and O–H groups in total. The van der Waals surface area contributed by atoms with Gasteiger partial charge in [-0.3, -0.25) is 14.5 Å². The number of carbonyl (C=O) groups excluding carboxylic acids is 2. The zero-order valence-corrected chi connectivity index (χ0v) is 19.1. The average Bonchev–Trinajstić information content (AvgIpc) is 3.05. The molecule has 168 valence electrons. The van der Waals surface area contributed by atoms with Crippen LogP contribution in [0.1, 0.15) is 22.3 Å². The minimum atomic E-state index is -0.387. The van der Waals surface area contributed by atoms with E-state index >= 15 is 0 Å². The summed E-state index contributed by atoms with van der Waals surface area (Å²) in [5.74, 6) is 0.539. The van der Waals surface area contributed by atoms with Crippen molar-refractivity contribution in [1.29, 1.82) is 0 Å². The van der Waals surface area contributed by atoms with Crippen molar-refractivity contribution >= 4 is 23.1 Å². The second kappa shape index (κ2) is 9.20. The first-order valence-corrected chi connectivity index (χ1v) is 10.6. The Labute approximate surface area is 193 Å². The van der Waals surface area contributed by atoms with Crippen molar-refractivity contribution in [2.24, 2.45) is 0 Å². The second-order valence-corrected chi connectivity index (χ2v) is 7.91. The Bertz CT molecular complexity index is 1260. The van der Waals surface area contributed by atoms with Crippen LogP contribution in [-0.2, 0) is 16.1 Å². The largest absolute Gasteiger partial charge is 0.497 e. The van der Waals surface area contributed by atoms with Gasteiger partial charge in [-0.15, -0.1) is 0 Å². The topological polar surface area (TPSA) is 67.9 Å². The molecule has 0 saturated carbocycles. The van der Waals surface area contributed by atoms with E-state index in [0.717, 1.165) is 16.7 Å². The van der Waals surface area contributed by atoms with Gasteiger partial charge in [-0.1, -0.05) is 42.5 Å². The van der Waals surface area contributed by atoms with Gasteiger partial charge < -0.3 is 14.8 Å². The molecule has 3 aromatic rings. The molecule has 4 rings (SSSR count). The van der Waals surface area contributed by atoms with E-state index in [1.807, 2.05) is 74.5 Å². The molecule has 2 amide bonds. The number of methoxy groups -OCH3 is 2. The highest BCUT2D eigenvalue weighted by Crippen LogP contribution is 2.34. The second-order valence-electron chi connectivity index (χ2n) is 7.91. The number of carbonyl (C=O) groups is 2. The summed E-state index contributed by atoms with van der Waals surface area (Å²) in [5, 5.41) is 3.18. The average molecular weight is 443 g/mol. The van der Waals surface area contributed by atoms with Crippen LogP contribution in [0.15, 0.2) is 72.4 Å². The van der Waals surface area contributed by atoms with Crippen LogP contribution in [0.3, 0.4) is 0 Å². The van der Waals surface area contributed by atoms with E-state index in [1.165, 1.54) is 4.90 Å². The molecule has 0 aliphatic carbocycles. The Morgan fingerprint density at radius 1 is 0.818 bits per heavy atom. The zero-order valence-electron chi connectivity index (χ0n) is 19.1. The van der Waals surface area contributed by atoms with Crippen molar-refractivity contribution in [3.8, 4) is 11.5 Å². The highest BCUT2D eigenvalue weighted by Gasteiger charge is 2.39. The first-order valence-electron chi connectivity index (χ1n) is 10.6. The van der Waals surface area contributed by atoms with Crippen molar-refractivity contribution in [1.82, 2.24) is 4.90 Å². The lowest BCUT2D eigenvalue weighted by Crippen LogP contribution is -2.32. The van der Waals surface area contributed by atoms with Gasteiger partial charge in [-0.05, 0) is 48.7 Å². The summed E-state index contributed by atoms with van der Waals surface area (Å²) >= 11 is 0. The summed E-state index contributed by atoms with van der Waals surface area (Å²) in [4.78, 5) is 28.4. The Balaban J connectivity index is 1.77.